The Morgan fingerprint density at radius 2 is 2.00 bits per heavy atom. The van der Waals surface area contributed by atoms with Crippen LogP contribution in [-0.2, 0) is 4.79 Å². The maximum absolute atomic E-state index is 11.2. The molecule has 16 heavy (non-hydrogen) atoms. The zero-order chi connectivity index (χ0) is 11.9. The molecule has 0 aromatic heterocycles. The number of ketones is 1. The Balaban J connectivity index is 2.02. The van der Waals surface area contributed by atoms with Gasteiger partial charge in [-0.25, -0.2) is 0 Å². The summed E-state index contributed by atoms with van der Waals surface area (Å²) in [5.74, 6) is 3.76. The van der Waals surface area contributed by atoms with Crippen molar-refractivity contribution in [1.82, 2.24) is 0 Å². The van der Waals surface area contributed by atoms with Crippen molar-refractivity contribution in [3.8, 4) is 0 Å². The van der Waals surface area contributed by atoms with Gasteiger partial charge in [0.2, 0.25) is 0 Å². The molecule has 2 fully saturated rings. The van der Waals surface area contributed by atoms with E-state index in [0.717, 1.165) is 24.2 Å². The van der Waals surface area contributed by atoms with Crippen LogP contribution in [0.25, 0.3) is 0 Å². The average Bonchev–Trinajstić information content (AvgIpc) is 2.36. The van der Waals surface area contributed by atoms with Crippen LogP contribution in [0.5, 0.6) is 0 Å². The van der Waals surface area contributed by atoms with Gasteiger partial charge in [-0.15, -0.1) is 0 Å². The van der Waals surface area contributed by atoms with Gasteiger partial charge in [0, 0.05) is 6.42 Å². The fraction of sp³-hybridized carbons (Fsp3) is 0.933. The molecule has 92 valence electrons. The summed E-state index contributed by atoms with van der Waals surface area (Å²) in [6.07, 6.45) is 6.18. The number of fused-ring (bicyclic) bond motifs is 1. The van der Waals surface area contributed by atoms with Crippen molar-refractivity contribution < 1.29 is 4.79 Å². The fourth-order valence-corrected chi connectivity index (χ4v) is 4.62. The molecule has 0 amide bonds. The van der Waals surface area contributed by atoms with Gasteiger partial charge in [-0.05, 0) is 61.7 Å². The number of carbonyl (C=O) groups is 1. The Labute approximate surface area is 100.0 Å². The third-order valence-electron chi connectivity index (χ3n) is 5.17. The second kappa shape index (κ2) is 4.16. The summed E-state index contributed by atoms with van der Waals surface area (Å²) in [6.45, 7) is 9.05. The first-order valence-electron chi connectivity index (χ1n) is 6.89. The Hall–Kier alpha value is -0.330. The van der Waals surface area contributed by atoms with E-state index in [1.54, 1.807) is 6.92 Å². The van der Waals surface area contributed by atoms with E-state index in [4.69, 9.17) is 0 Å². The van der Waals surface area contributed by atoms with Crippen molar-refractivity contribution in [3.63, 3.8) is 0 Å². The van der Waals surface area contributed by atoms with Gasteiger partial charge in [-0.3, -0.25) is 0 Å². The third kappa shape index (κ3) is 2.19. The quantitative estimate of drug-likeness (QED) is 0.688. The van der Waals surface area contributed by atoms with E-state index in [9.17, 15) is 4.79 Å². The van der Waals surface area contributed by atoms with E-state index in [1.807, 2.05) is 0 Å². The van der Waals surface area contributed by atoms with Crippen LogP contribution in [0.4, 0.5) is 0 Å². The van der Waals surface area contributed by atoms with E-state index >= 15 is 0 Å². The highest BCUT2D eigenvalue weighted by Crippen LogP contribution is 2.56. The van der Waals surface area contributed by atoms with Crippen LogP contribution in [0.3, 0.4) is 0 Å². The van der Waals surface area contributed by atoms with Crippen molar-refractivity contribution in [1.29, 1.82) is 0 Å². The van der Waals surface area contributed by atoms with Crippen LogP contribution in [0, 0.1) is 29.1 Å². The van der Waals surface area contributed by atoms with Crippen LogP contribution in [-0.4, -0.2) is 5.78 Å². The van der Waals surface area contributed by atoms with Crippen molar-refractivity contribution in [2.45, 2.75) is 59.8 Å². The highest BCUT2D eigenvalue weighted by Gasteiger charge is 2.48. The summed E-state index contributed by atoms with van der Waals surface area (Å²) >= 11 is 0. The van der Waals surface area contributed by atoms with Crippen LogP contribution in [0.2, 0.25) is 0 Å². The number of rotatable bonds is 2. The average molecular weight is 222 g/mol. The number of Topliss-reactive ketones (excluding diaryl/α,β-unsaturated/α-hetero) is 1. The molecule has 1 nitrogen and oxygen atoms in total. The fourth-order valence-electron chi connectivity index (χ4n) is 4.62. The van der Waals surface area contributed by atoms with Crippen molar-refractivity contribution >= 4 is 5.78 Å². The third-order valence-corrected chi connectivity index (χ3v) is 5.17. The van der Waals surface area contributed by atoms with Gasteiger partial charge in [0.15, 0.2) is 0 Å². The second-order valence-electron chi connectivity index (χ2n) is 7.03. The van der Waals surface area contributed by atoms with E-state index in [2.05, 4.69) is 20.8 Å². The minimum Gasteiger partial charge on any atom is -0.300 e. The molecule has 2 aliphatic rings. The van der Waals surface area contributed by atoms with Crippen molar-refractivity contribution in [2.75, 3.05) is 0 Å². The number of hydrogen-bond donors (Lipinski definition) is 0. The van der Waals surface area contributed by atoms with Crippen LogP contribution >= 0.6 is 0 Å². The Morgan fingerprint density at radius 1 is 1.31 bits per heavy atom. The van der Waals surface area contributed by atoms with Gasteiger partial charge >= 0.3 is 0 Å². The molecule has 0 unspecified atom stereocenters. The van der Waals surface area contributed by atoms with Gasteiger partial charge in [0.25, 0.3) is 0 Å². The summed E-state index contributed by atoms with van der Waals surface area (Å²) < 4.78 is 0. The zero-order valence-corrected chi connectivity index (χ0v) is 11.3. The standard InChI is InChI=1S/C15H26O/c1-10-9-15(3,4)14-6-5-12(7-11(2)16)8-13(10)14/h10,12-14H,5-9H2,1-4H3/t10-,12+,13+,14-/m1/s1. The Morgan fingerprint density at radius 3 is 2.62 bits per heavy atom. The Kier molecular flexibility index (Phi) is 3.16. The molecular formula is C15H26O. The molecule has 2 aliphatic carbocycles. The molecule has 0 bridgehead atoms. The summed E-state index contributed by atoms with van der Waals surface area (Å²) in [5.41, 5.74) is 0.547. The maximum atomic E-state index is 11.2. The molecule has 2 rings (SSSR count). The predicted molar refractivity (Wildman–Crippen MR) is 67.2 cm³/mol. The van der Waals surface area contributed by atoms with Gasteiger partial charge in [0.1, 0.15) is 5.78 Å². The minimum absolute atomic E-state index is 0.383. The van der Waals surface area contributed by atoms with E-state index in [1.165, 1.54) is 25.7 Å². The molecule has 0 aromatic rings. The SMILES string of the molecule is CC(=O)C[C@@H]1CC[C@@H]2[C@@H](C1)[C@H](C)CC2(C)C. The largest absolute Gasteiger partial charge is 0.300 e. The summed E-state index contributed by atoms with van der Waals surface area (Å²) in [7, 11) is 0. The van der Waals surface area contributed by atoms with Gasteiger partial charge in [-0.1, -0.05) is 20.8 Å². The van der Waals surface area contributed by atoms with E-state index < -0.39 is 0 Å². The molecular weight excluding hydrogens is 196 g/mol. The summed E-state index contributed by atoms with van der Waals surface area (Å²) in [5, 5.41) is 0. The topological polar surface area (TPSA) is 17.1 Å². The van der Waals surface area contributed by atoms with E-state index in [0.29, 0.717) is 17.1 Å². The molecule has 0 aliphatic heterocycles. The maximum Gasteiger partial charge on any atom is 0.130 e. The molecule has 0 heterocycles. The van der Waals surface area contributed by atoms with Gasteiger partial charge in [0.05, 0.1) is 0 Å². The van der Waals surface area contributed by atoms with Gasteiger partial charge < -0.3 is 4.79 Å². The number of hydrogen-bond acceptors (Lipinski definition) is 1. The highest BCUT2D eigenvalue weighted by atomic mass is 16.1. The lowest BCUT2D eigenvalue weighted by molar-refractivity contribution is -0.118. The first-order valence-corrected chi connectivity index (χ1v) is 6.89. The zero-order valence-electron chi connectivity index (χ0n) is 11.3. The number of carbonyl (C=O) groups excluding carboxylic acids is 1. The lowest BCUT2D eigenvalue weighted by Crippen LogP contribution is -2.30. The monoisotopic (exact) mass is 222 g/mol. The smallest absolute Gasteiger partial charge is 0.130 e. The van der Waals surface area contributed by atoms with Crippen molar-refractivity contribution in [2.24, 2.45) is 29.1 Å². The van der Waals surface area contributed by atoms with Gasteiger partial charge in [-0.2, -0.15) is 0 Å². The molecule has 0 saturated heterocycles. The summed E-state index contributed by atoms with van der Waals surface area (Å²) in [4.78, 5) is 11.2. The second-order valence-corrected chi connectivity index (χ2v) is 7.03. The highest BCUT2D eigenvalue weighted by molar-refractivity contribution is 5.75. The predicted octanol–water partition coefficient (Wildman–Crippen LogP) is 4.06. The molecule has 1 heteroatoms. The molecule has 0 N–H and O–H groups in total. The lowest BCUT2D eigenvalue weighted by atomic mass is 9.67. The molecule has 0 spiro atoms. The van der Waals surface area contributed by atoms with Crippen LogP contribution in [0.15, 0.2) is 0 Å². The van der Waals surface area contributed by atoms with Crippen LogP contribution < -0.4 is 0 Å². The Bertz CT molecular complexity index is 279. The molecule has 0 aromatic carbocycles. The van der Waals surface area contributed by atoms with Crippen LogP contribution in [0.1, 0.15) is 59.8 Å². The first-order chi connectivity index (χ1) is 7.40. The molecule has 2 saturated carbocycles. The minimum atomic E-state index is 0.383. The first kappa shape index (κ1) is 12.1. The summed E-state index contributed by atoms with van der Waals surface area (Å²) in [6, 6.07) is 0. The molecule has 0 radical (unpaired) electrons. The van der Waals surface area contributed by atoms with Crippen molar-refractivity contribution in [3.05, 3.63) is 0 Å². The lowest BCUT2D eigenvalue weighted by Gasteiger charge is -2.38. The van der Waals surface area contributed by atoms with E-state index in [-0.39, 0.29) is 0 Å². The molecule has 4 atom stereocenters. The normalized spacial score (nSPS) is 41.8.